The summed E-state index contributed by atoms with van der Waals surface area (Å²) in [7, 11) is 0. The topological polar surface area (TPSA) is 70.1 Å². The molecule has 1 fully saturated rings. The van der Waals surface area contributed by atoms with E-state index in [-0.39, 0.29) is 6.03 Å². The SMILES string of the molecule is Cc1cc(C)cc(NC(=O)Nc2nnc(N3CCCC[C@@H]3C)s2)c1. The smallest absolute Gasteiger partial charge is 0.325 e. The number of aromatic nitrogens is 2. The molecule has 1 aliphatic heterocycles. The van der Waals surface area contributed by atoms with Gasteiger partial charge in [0, 0.05) is 18.3 Å². The summed E-state index contributed by atoms with van der Waals surface area (Å²) in [6.45, 7) is 7.23. The van der Waals surface area contributed by atoms with E-state index in [1.54, 1.807) is 0 Å². The van der Waals surface area contributed by atoms with E-state index >= 15 is 0 Å². The molecule has 3 rings (SSSR count). The van der Waals surface area contributed by atoms with Crippen LogP contribution in [0.5, 0.6) is 0 Å². The molecular formula is C17H23N5OS. The minimum atomic E-state index is -0.297. The molecule has 1 aliphatic rings. The summed E-state index contributed by atoms with van der Waals surface area (Å²) < 4.78 is 0. The number of nitrogens with one attached hydrogen (secondary N) is 2. The Balaban J connectivity index is 1.62. The van der Waals surface area contributed by atoms with Crippen LogP contribution in [0.3, 0.4) is 0 Å². The molecule has 0 bridgehead atoms. The van der Waals surface area contributed by atoms with Crippen molar-refractivity contribution in [2.75, 3.05) is 22.1 Å². The van der Waals surface area contributed by atoms with Gasteiger partial charge in [-0.1, -0.05) is 17.4 Å². The van der Waals surface area contributed by atoms with Crippen molar-refractivity contribution in [2.45, 2.75) is 46.1 Å². The average Bonchev–Trinajstić information content (AvgIpc) is 2.94. The van der Waals surface area contributed by atoms with Crippen molar-refractivity contribution >= 4 is 33.3 Å². The molecule has 0 unspecified atom stereocenters. The summed E-state index contributed by atoms with van der Waals surface area (Å²) in [5, 5.41) is 15.3. The minimum Gasteiger partial charge on any atom is -0.344 e. The fraction of sp³-hybridized carbons (Fsp3) is 0.471. The van der Waals surface area contributed by atoms with Gasteiger partial charge in [-0.15, -0.1) is 10.2 Å². The predicted octanol–water partition coefficient (Wildman–Crippen LogP) is 4.18. The number of rotatable bonds is 3. The van der Waals surface area contributed by atoms with Gasteiger partial charge >= 0.3 is 6.03 Å². The van der Waals surface area contributed by atoms with Crippen LogP contribution in [0.2, 0.25) is 0 Å². The van der Waals surface area contributed by atoms with Crippen LogP contribution in [0.4, 0.5) is 20.7 Å². The number of piperidine rings is 1. The van der Waals surface area contributed by atoms with Crippen LogP contribution in [0.1, 0.15) is 37.3 Å². The third-order valence-electron chi connectivity index (χ3n) is 4.16. The number of anilines is 3. The molecule has 2 heterocycles. The molecule has 1 atom stereocenters. The lowest BCUT2D eigenvalue weighted by Crippen LogP contribution is -2.37. The standard InChI is InChI=1S/C17H23N5OS/c1-11-8-12(2)10-14(9-11)18-15(23)19-16-20-21-17(24-16)22-7-5-4-6-13(22)3/h8-10,13H,4-7H2,1-3H3,(H2,18,19,20,23)/t13-/m0/s1. The number of carbonyl (C=O) groups is 1. The fourth-order valence-corrected chi connectivity index (χ4v) is 3.94. The zero-order valence-electron chi connectivity index (χ0n) is 14.3. The highest BCUT2D eigenvalue weighted by atomic mass is 32.1. The van der Waals surface area contributed by atoms with Gasteiger partial charge < -0.3 is 10.2 Å². The monoisotopic (exact) mass is 345 g/mol. The van der Waals surface area contributed by atoms with Crippen molar-refractivity contribution in [3.63, 3.8) is 0 Å². The van der Waals surface area contributed by atoms with E-state index in [0.717, 1.165) is 28.5 Å². The summed E-state index contributed by atoms with van der Waals surface area (Å²) >= 11 is 1.42. The quantitative estimate of drug-likeness (QED) is 0.875. The van der Waals surface area contributed by atoms with Crippen molar-refractivity contribution < 1.29 is 4.79 Å². The third-order valence-corrected chi connectivity index (χ3v) is 5.04. The number of hydrogen-bond acceptors (Lipinski definition) is 5. The molecule has 2 N–H and O–H groups in total. The van der Waals surface area contributed by atoms with Crippen molar-refractivity contribution in [3.05, 3.63) is 29.3 Å². The molecule has 2 aromatic rings. The van der Waals surface area contributed by atoms with Gasteiger partial charge in [-0.2, -0.15) is 0 Å². The first-order valence-electron chi connectivity index (χ1n) is 8.28. The Labute approximate surface area is 146 Å². The molecule has 1 saturated heterocycles. The lowest BCUT2D eigenvalue weighted by atomic mass is 10.1. The van der Waals surface area contributed by atoms with Crippen LogP contribution in [0.15, 0.2) is 18.2 Å². The zero-order chi connectivity index (χ0) is 17.1. The lowest BCUT2D eigenvalue weighted by Gasteiger charge is -2.32. The molecule has 6 nitrogen and oxygen atoms in total. The number of nitrogens with zero attached hydrogens (tertiary/aromatic N) is 3. The molecule has 7 heteroatoms. The zero-order valence-corrected chi connectivity index (χ0v) is 15.1. The second kappa shape index (κ2) is 7.17. The van der Waals surface area contributed by atoms with Gasteiger partial charge in [0.15, 0.2) is 0 Å². The van der Waals surface area contributed by atoms with E-state index in [4.69, 9.17) is 0 Å². The van der Waals surface area contributed by atoms with Gasteiger partial charge in [0.1, 0.15) is 0 Å². The first-order valence-corrected chi connectivity index (χ1v) is 9.09. The van der Waals surface area contributed by atoms with Crippen LogP contribution in [-0.2, 0) is 0 Å². The van der Waals surface area contributed by atoms with Crippen LogP contribution in [0.25, 0.3) is 0 Å². The van der Waals surface area contributed by atoms with E-state index in [2.05, 4.69) is 38.7 Å². The van der Waals surface area contributed by atoms with Crippen molar-refractivity contribution in [1.29, 1.82) is 0 Å². The van der Waals surface area contributed by atoms with E-state index in [1.165, 1.54) is 30.6 Å². The normalized spacial score (nSPS) is 17.6. The summed E-state index contributed by atoms with van der Waals surface area (Å²) in [5.74, 6) is 0. The van der Waals surface area contributed by atoms with Crippen LogP contribution in [-0.4, -0.2) is 28.8 Å². The van der Waals surface area contributed by atoms with E-state index in [0.29, 0.717) is 11.2 Å². The Morgan fingerprint density at radius 1 is 1.17 bits per heavy atom. The maximum atomic E-state index is 12.2. The number of carbonyl (C=O) groups excluding carboxylic acids is 1. The minimum absolute atomic E-state index is 0.297. The van der Waals surface area contributed by atoms with Crippen molar-refractivity contribution in [1.82, 2.24) is 10.2 Å². The number of hydrogen-bond donors (Lipinski definition) is 2. The third kappa shape index (κ3) is 4.03. The Bertz CT molecular complexity index is 709. The summed E-state index contributed by atoms with van der Waals surface area (Å²) in [4.78, 5) is 14.4. The second-order valence-corrected chi connectivity index (χ2v) is 7.34. The Kier molecular flexibility index (Phi) is 4.99. The summed E-state index contributed by atoms with van der Waals surface area (Å²) in [5.41, 5.74) is 3.00. The van der Waals surface area contributed by atoms with Crippen LogP contribution in [0, 0.1) is 13.8 Å². The highest BCUT2D eigenvalue weighted by Crippen LogP contribution is 2.29. The van der Waals surface area contributed by atoms with Crippen LogP contribution < -0.4 is 15.5 Å². The summed E-state index contributed by atoms with van der Waals surface area (Å²) in [6.07, 6.45) is 3.62. The molecule has 0 radical (unpaired) electrons. The maximum Gasteiger partial charge on any atom is 0.325 e. The van der Waals surface area contributed by atoms with Crippen molar-refractivity contribution in [3.8, 4) is 0 Å². The molecule has 0 saturated carbocycles. The number of amides is 2. The van der Waals surface area contributed by atoms with Gasteiger partial charge in [-0.05, 0) is 63.3 Å². The number of urea groups is 1. The molecular weight excluding hydrogens is 322 g/mol. The number of benzene rings is 1. The first kappa shape index (κ1) is 16.7. The van der Waals surface area contributed by atoms with Crippen LogP contribution >= 0.6 is 11.3 Å². The highest BCUT2D eigenvalue weighted by Gasteiger charge is 2.22. The Hall–Kier alpha value is -2.15. The van der Waals surface area contributed by atoms with Crippen molar-refractivity contribution in [2.24, 2.45) is 0 Å². The molecule has 1 aromatic heterocycles. The van der Waals surface area contributed by atoms with E-state index in [1.807, 2.05) is 26.0 Å². The molecule has 0 aliphatic carbocycles. The molecule has 24 heavy (non-hydrogen) atoms. The first-order chi connectivity index (χ1) is 11.5. The van der Waals surface area contributed by atoms with E-state index < -0.39 is 0 Å². The van der Waals surface area contributed by atoms with E-state index in [9.17, 15) is 4.79 Å². The Morgan fingerprint density at radius 3 is 2.62 bits per heavy atom. The van der Waals surface area contributed by atoms with Gasteiger partial charge in [-0.25, -0.2) is 4.79 Å². The van der Waals surface area contributed by atoms with Gasteiger partial charge in [0.05, 0.1) is 0 Å². The molecule has 0 spiro atoms. The van der Waals surface area contributed by atoms with Gasteiger partial charge in [0.2, 0.25) is 10.3 Å². The second-order valence-electron chi connectivity index (χ2n) is 6.38. The number of aryl methyl sites for hydroxylation is 2. The maximum absolute atomic E-state index is 12.2. The molecule has 2 amide bonds. The Morgan fingerprint density at radius 2 is 1.92 bits per heavy atom. The predicted molar refractivity (Wildman–Crippen MR) is 99.1 cm³/mol. The highest BCUT2D eigenvalue weighted by molar-refractivity contribution is 7.19. The average molecular weight is 345 g/mol. The lowest BCUT2D eigenvalue weighted by molar-refractivity contribution is 0.262. The largest absolute Gasteiger partial charge is 0.344 e. The van der Waals surface area contributed by atoms with Gasteiger partial charge in [-0.3, -0.25) is 5.32 Å². The molecule has 1 aromatic carbocycles. The van der Waals surface area contributed by atoms with Gasteiger partial charge in [0.25, 0.3) is 0 Å². The summed E-state index contributed by atoms with van der Waals surface area (Å²) in [6, 6.07) is 6.12. The fourth-order valence-electron chi connectivity index (χ4n) is 3.07. The molecule has 128 valence electrons.